The van der Waals surface area contributed by atoms with Crippen molar-refractivity contribution in [2.45, 2.75) is 13.1 Å². The summed E-state index contributed by atoms with van der Waals surface area (Å²) in [7, 11) is 0. The first-order valence-electron chi connectivity index (χ1n) is 7.50. The van der Waals surface area contributed by atoms with Crippen molar-refractivity contribution in [2.75, 3.05) is 0 Å². The van der Waals surface area contributed by atoms with E-state index in [9.17, 15) is 13.2 Å². The molecule has 5 heteroatoms. The summed E-state index contributed by atoms with van der Waals surface area (Å²) in [6.45, 7) is 1.80. The molecule has 0 aliphatic rings. The van der Waals surface area contributed by atoms with Gasteiger partial charge in [0.25, 0.3) is 0 Å². The van der Waals surface area contributed by atoms with Crippen LogP contribution in [0, 0.1) is 6.92 Å². The molecule has 4 rings (SSSR count). The molecule has 2 aromatic carbocycles. The van der Waals surface area contributed by atoms with Gasteiger partial charge in [0.1, 0.15) is 0 Å². The molecule has 0 bridgehead atoms. The summed E-state index contributed by atoms with van der Waals surface area (Å²) in [5.74, 6) is 0. The van der Waals surface area contributed by atoms with Crippen LogP contribution in [0.3, 0.4) is 0 Å². The maximum Gasteiger partial charge on any atom is 0.435 e. The van der Waals surface area contributed by atoms with Crippen LogP contribution in [0.15, 0.2) is 60.7 Å². The quantitative estimate of drug-likeness (QED) is 0.452. The van der Waals surface area contributed by atoms with Crippen LogP contribution in [0.2, 0.25) is 0 Å². The summed E-state index contributed by atoms with van der Waals surface area (Å²) in [5, 5.41) is 5.48. The van der Waals surface area contributed by atoms with Crippen LogP contribution in [0.25, 0.3) is 27.4 Å². The third kappa shape index (κ3) is 2.16. The standard InChI is InChI=1S/C19H13F3N2/c1-12-18(13-7-3-2-4-8-13)15-10-6-5-9-14(15)16-11-17(19(20,21)22)23-24(12)16/h2-11H,1H3. The smallest absolute Gasteiger partial charge is 0.236 e. The van der Waals surface area contributed by atoms with E-state index >= 15 is 0 Å². The Morgan fingerprint density at radius 1 is 0.875 bits per heavy atom. The van der Waals surface area contributed by atoms with Gasteiger partial charge >= 0.3 is 6.18 Å². The number of aryl methyl sites for hydroxylation is 1. The average molecular weight is 326 g/mol. The van der Waals surface area contributed by atoms with E-state index in [0.717, 1.165) is 28.0 Å². The molecule has 0 atom stereocenters. The highest BCUT2D eigenvalue weighted by atomic mass is 19.4. The van der Waals surface area contributed by atoms with E-state index in [1.807, 2.05) is 54.6 Å². The van der Waals surface area contributed by atoms with Gasteiger partial charge in [0, 0.05) is 16.6 Å². The topological polar surface area (TPSA) is 17.3 Å². The van der Waals surface area contributed by atoms with Crippen molar-refractivity contribution >= 4 is 16.3 Å². The van der Waals surface area contributed by atoms with Crippen LogP contribution >= 0.6 is 0 Å². The Morgan fingerprint density at radius 2 is 1.50 bits per heavy atom. The Balaban J connectivity index is 2.18. The first kappa shape index (κ1) is 14.8. The van der Waals surface area contributed by atoms with Gasteiger partial charge in [0.2, 0.25) is 0 Å². The van der Waals surface area contributed by atoms with Crippen molar-refractivity contribution in [3.8, 4) is 11.1 Å². The minimum atomic E-state index is -4.47. The Morgan fingerprint density at radius 3 is 2.17 bits per heavy atom. The van der Waals surface area contributed by atoms with Crippen LogP contribution < -0.4 is 0 Å². The Hall–Kier alpha value is -2.82. The van der Waals surface area contributed by atoms with Gasteiger partial charge in [-0.2, -0.15) is 18.3 Å². The highest BCUT2D eigenvalue weighted by Crippen LogP contribution is 2.37. The number of pyridine rings is 1. The number of hydrogen-bond acceptors (Lipinski definition) is 1. The summed E-state index contributed by atoms with van der Waals surface area (Å²) in [5.41, 5.74) is 2.13. The molecule has 0 aliphatic heterocycles. The molecule has 2 aromatic heterocycles. The number of fused-ring (bicyclic) bond motifs is 3. The van der Waals surface area contributed by atoms with Gasteiger partial charge < -0.3 is 0 Å². The summed E-state index contributed by atoms with van der Waals surface area (Å²) in [4.78, 5) is 0. The molecule has 0 N–H and O–H groups in total. The Labute approximate surface area is 136 Å². The molecule has 0 radical (unpaired) electrons. The van der Waals surface area contributed by atoms with Gasteiger partial charge in [-0.1, -0.05) is 54.6 Å². The van der Waals surface area contributed by atoms with Crippen molar-refractivity contribution in [1.29, 1.82) is 0 Å². The van der Waals surface area contributed by atoms with Crippen LogP contribution in [0.1, 0.15) is 11.4 Å². The fourth-order valence-corrected chi connectivity index (χ4v) is 3.16. The summed E-state index contributed by atoms with van der Waals surface area (Å²) < 4.78 is 40.7. The van der Waals surface area contributed by atoms with Crippen molar-refractivity contribution in [3.63, 3.8) is 0 Å². The van der Waals surface area contributed by atoms with Gasteiger partial charge in [-0.15, -0.1) is 0 Å². The zero-order valence-electron chi connectivity index (χ0n) is 12.8. The third-order valence-corrected chi connectivity index (χ3v) is 4.21. The van der Waals surface area contributed by atoms with E-state index in [-0.39, 0.29) is 0 Å². The molecule has 2 heterocycles. The fourth-order valence-electron chi connectivity index (χ4n) is 3.16. The molecular formula is C19H13F3N2. The maximum absolute atomic E-state index is 13.1. The molecule has 120 valence electrons. The Bertz CT molecular complexity index is 1050. The van der Waals surface area contributed by atoms with Crippen LogP contribution in [0.4, 0.5) is 13.2 Å². The van der Waals surface area contributed by atoms with Crippen LogP contribution in [-0.4, -0.2) is 9.61 Å². The number of alkyl halides is 3. The van der Waals surface area contributed by atoms with E-state index in [2.05, 4.69) is 5.10 Å². The minimum absolute atomic E-state index is 0.468. The molecule has 2 nitrogen and oxygen atoms in total. The summed E-state index contributed by atoms with van der Waals surface area (Å²) in [6, 6.07) is 18.3. The van der Waals surface area contributed by atoms with Gasteiger partial charge in [0.05, 0.1) is 5.52 Å². The van der Waals surface area contributed by atoms with E-state index in [1.165, 1.54) is 4.52 Å². The molecule has 0 unspecified atom stereocenters. The second kappa shape index (κ2) is 5.09. The molecule has 24 heavy (non-hydrogen) atoms. The van der Waals surface area contributed by atoms with Crippen molar-refractivity contribution in [1.82, 2.24) is 9.61 Å². The first-order valence-corrected chi connectivity index (χ1v) is 7.50. The lowest BCUT2D eigenvalue weighted by Gasteiger charge is -2.13. The van der Waals surface area contributed by atoms with E-state index in [1.54, 1.807) is 6.92 Å². The number of hydrogen-bond donors (Lipinski definition) is 0. The van der Waals surface area contributed by atoms with Gasteiger partial charge in [-0.05, 0) is 23.9 Å². The maximum atomic E-state index is 13.1. The molecule has 0 saturated heterocycles. The zero-order valence-corrected chi connectivity index (χ0v) is 12.8. The molecule has 0 aliphatic carbocycles. The van der Waals surface area contributed by atoms with E-state index in [4.69, 9.17) is 0 Å². The second-order valence-electron chi connectivity index (χ2n) is 5.70. The van der Waals surface area contributed by atoms with Crippen molar-refractivity contribution in [2.24, 2.45) is 0 Å². The molecular weight excluding hydrogens is 313 g/mol. The lowest BCUT2D eigenvalue weighted by Crippen LogP contribution is -2.06. The average Bonchev–Trinajstić information content (AvgIpc) is 3.02. The first-order chi connectivity index (χ1) is 11.5. The predicted molar refractivity (Wildman–Crippen MR) is 87.9 cm³/mol. The molecule has 4 aromatic rings. The van der Waals surface area contributed by atoms with Crippen LogP contribution in [-0.2, 0) is 6.18 Å². The van der Waals surface area contributed by atoms with Gasteiger partial charge in [0.15, 0.2) is 5.69 Å². The van der Waals surface area contributed by atoms with E-state index in [0.29, 0.717) is 11.2 Å². The van der Waals surface area contributed by atoms with Crippen molar-refractivity contribution in [3.05, 3.63) is 72.1 Å². The number of benzene rings is 2. The number of halogens is 3. The van der Waals surface area contributed by atoms with Gasteiger partial charge in [-0.25, -0.2) is 4.52 Å². The predicted octanol–water partition coefficient (Wildman–Crippen LogP) is 5.48. The highest BCUT2D eigenvalue weighted by molar-refractivity contribution is 6.05. The largest absolute Gasteiger partial charge is 0.435 e. The fraction of sp³-hybridized carbons (Fsp3) is 0.105. The molecule has 0 saturated carbocycles. The van der Waals surface area contributed by atoms with Crippen LogP contribution in [0.5, 0.6) is 0 Å². The number of nitrogens with zero attached hydrogens (tertiary/aromatic N) is 2. The lowest BCUT2D eigenvalue weighted by atomic mass is 9.97. The monoisotopic (exact) mass is 326 g/mol. The van der Waals surface area contributed by atoms with E-state index < -0.39 is 11.9 Å². The number of rotatable bonds is 1. The summed E-state index contributed by atoms with van der Waals surface area (Å²) in [6.07, 6.45) is -4.47. The SMILES string of the molecule is Cc1c(-c2ccccc2)c2ccccc2c2cc(C(F)(F)F)nn12. The third-order valence-electron chi connectivity index (χ3n) is 4.21. The normalized spacial score (nSPS) is 12.2. The minimum Gasteiger partial charge on any atom is -0.236 e. The van der Waals surface area contributed by atoms with Gasteiger partial charge in [-0.3, -0.25) is 0 Å². The molecule has 0 fully saturated rings. The molecule has 0 spiro atoms. The highest BCUT2D eigenvalue weighted by Gasteiger charge is 2.34. The Kier molecular flexibility index (Phi) is 3.13. The second-order valence-corrected chi connectivity index (χ2v) is 5.70. The van der Waals surface area contributed by atoms with Crippen molar-refractivity contribution < 1.29 is 13.2 Å². The lowest BCUT2D eigenvalue weighted by molar-refractivity contribution is -0.141. The summed E-state index contributed by atoms with van der Waals surface area (Å²) >= 11 is 0. The zero-order chi connectivity index (χ0) is 16.9. The number of aromatic nitrogens is 2. The molecule has 0 amide bonds.